The standard InChI is InChI=1S/3C2H4O2.K.2Na/c3*1-2(3)4;;;/h3*1H3,(H,3,4);;;/q;;;3*+1/p-3. The molecule has 6 nitrogen and oxygen atoms in total. The molecule has 0 bridgehead atoms. The van der Waals surface area contributed by atoms with E-state index in [1.54, 1.807) is 0 Å². The van der Waals surface area contributed by atoms with Crippen LogP contribution in [-0.2, 0) is 14.4 Å². The number of carbonyl (C=O) groups is 3. The van der Waals surface area contributed by atoms with Gasteiger partial charge in [-0.15, -0.1) is 0 Å². The van der Waals surface area contributed by atoms with Gasteiger partial charge in [-0.05, 0) is 20.8 Å². The Balaban J connectivity index is -0.0000000184. The fourth-order valence-corrected chi connectivity index (χ4v) is 0. The quantitative estimate of drug-likeness (QED) is 0.400. The Hall–Kier alpha value is 2.05. The van der Waals surface area contributed by atoms with E-state index < -0.39 is 17.9 Å². The average molecular weight is 262 g/mol. The van der Waals surface area contributed by atoms with Crippen molar-refractivity contribution in [2.45, 2.75) is 20.8 Å². The van der Waals surface area contributed by atoms with Crippen LogP contribution in [0, 0.1) is 0 Å². The van der Waals surface area contributed by atoms with Gasteiger partial charge >= 0.3 is 110 Å². The number of rotatable bonds is 0. The second kappa shape index (κ2) is 29.8. The Bertz CT molecular complexity index is 123. The van der Waals surface area contributed by atoms with E-state index in [2.05, 4.69) is 0 Å². The molecule has 9 heteroatoms. The van der Waals surface area contributed by atoms with Gasteiger partial charge in [0.15, 0.2) is 0 Å². The van der Waals surface area contributed by atoms with E-state index in [1.165, 1.54) is 0 Å². The topological polar surface area (TPSA) is 120 Å². The van der Waals surface area contributed by atoms with E-state index in [0.717, 1.165) is 20.8 Å². The molecular weight excluding hydrogens is 253 g/mol. The molecule has 0 aromatic heterocycles. The van der Waals surface area contributed by atoms with Crippen molar-refractivity contribution >= 4 is 17.9 Å². The minimum absolute atomic E-state index is 0. The first-order valence-electron chi connectivity index (χ1n) is 2.72. The van der Waals surface area contributed by atoms with E-state index in [-0.39, 0.29) is 110 Å². The zero-order valence-electron chi connectivity index (χ0n) is 9.95. The second-order valence-electron chi connectivity index (χ2n) is 1.47. The molecule has 0 N–H and O–H groups in total. The summed E-state index contributed by atoms with van der Waals surface area (Å²) >= 11 is 0. The molecule has 0 aromatic rings. The smallest absolute Gasteiger partial charge is 0.550 e. The summed E-state index contributed by atoms with van der Waals surface area (Å²) in [4.78, 5) is 26.7. The molecule has 0 rings (SSSR count). The predicted octanol–water partition coefficient (Wildman–Crippen LogP) is -12.7. The minimum atomic E-state index is -1.08. The third-order valence-corrected chi connectivity index (χ3v) is 0. The summed E-state index contributed by atoms with van der Waals surface area (Å²) in [6.07, 6.45) is 0. The van der Waals surface area contributed by atoms with Crippen LogP contribution in [0.25, 0.3) is 0 Å². The van der Waals surface area contributed by atoms with Gasteiger partial charge in [-0.3, -0.25) is 0 Å². The van der Waals surface area contributed by atoms with Gasteiger partial charge in [-0.25, -0.2) is 0 Å². The molecule has 0 aliphatic rings. The van der Waals surface area contributed by atoms with Crippen LogP contribution in [0.2, 0.25) is 0 Å². The monoisotopic (exact) mass is 262 g/mol. The molecule has 0 aromatic carbocycles. The Morgan fingerprint density at radius 2 is 0.667 bits per heavy atom. The molecule has 0 unspecified atom stereocenters. The number of carboxylic acid groups (broad SMARTS) is 3. The Labute approximate surface area is 175 Å². The van der Waals surface area contributed by atoms with Gasteiger partial charge < -0.3 is 29.7 Å². The van der Waals surface area contributed by atoms with Crippen molar-refractivity contribution in [3.05, 3.63) is 0 Å². The molecule has 0 radical (unpaired) electrons. The number of aliphatic carboxylic acids is 3. The zero-order valence-corrected chi connectivity index (χ0v) is 17.1. The summed E-state index contributed by atoms with van der Waals surface area (Å²) in [7, 11) is 0. The van der Waals surface area contributed by atoms with Crippen molar-refractivity contribution in [1.82, 2.24) is 0 Å². The predicted molar refractivity (Wildman–Crippen MR) is 32.0 cm³/mol. The normalized spacial score (nSPS) is 5.00. The molecule has 0 heterocycles. The molecule has 0 saturated heterocycles. The molecule has 0 amide bonds. The molecule has 72 valence electrons. The third kappa shape index (κ3) is 756. The van der Waals surface area contributed by atoms with Crippen molar-refractivity contribution in [2.75, 3.05) is 0 Å². The van der Waals surface area contributed by atoms with Gasteiger partial charge in [0.25, 0.3) is 0 Å². The molecule has 0 spiro atoms. The van der Waals surface area contributed by atoms with Crippen LogP contribution in [0.4, 0.5) is 0 Å². The summed E-state index contributed by atoms with van der Waals surface area (Å²) in [5.74, 6) is -3.25. The third-order valence-electron chi connectivity index (χ3n) is 0. The number of hydrogen-bond acceptors (Lipinski definition) is 6. The first kappa shape index (κ1) is 36.0. The van der Waals surface area contributed by atoms with Gasteiger partial charge in [0.05, 0.1) is 0 Å². The van der Waals surface area contributed by atoms with Crippen molar-refractivity contribution in [3.8, 4) is 0 Å². The van der Waals surface area contributed by atoms with Gasteiger partial charge in [-0.2, -0.15) is 0 Å². The van der Waals surface area contributed by atoms with E-state index >= 15 is 0 Å². The minimum Gasteiger partial charge on any atom is -0.550 e. The maximum atomic E-state index is 8.89. The van der Waals surface area contributed by atoms with E-state index in [4.69, 9.17) is 29.7 Å². The first-order chi connectivity index (χ1) is 5.20. The fourth-order valence-electron chi connectivity index (χ4n) is 0. The van der Waals surface area contributed by atoms with Crippen molar-refractivity contribution in [1.29, 1.82) is 0 Å². The first-order valence-corrected chi connectivity index (χ1v) is 2.72. The molecule has 0 atom stereocenters. The molecule has 0 aliphatic heterocycles. The van der Waals surface area contributed by atoms with Gasteiger partial charge in [-0.1, -0.05) is 0 Å². The largest absolute Gasteiger partial charge is 1.00 e. The van der Waals surface area contributed by atoms with Crippen LogP contribution in [0.3, 0.4) is 0 Å². The summed E-state index contributed by atoms with van der Waals surface area (Å²) in [6, 6.07) is 0. The van der Waals surface area contributed by atoms with Crippen LogP contribution in [0.15, 0.2) is 0 Å². The van der Waals surface area contributed by atoms with E-state index in [0.29, 0.717) is 0 Å². The van der Waals surface area contributed by atoms with Crippen molar-refractivity contribution in [2.24, 2.45) is 0 Å². The summed E-state index contributed by atoms with van der Waals surface area (Å²) in [5, 5.41) is 26.7. The number of carboxylic acids is 3. The average Bonchev–Trinajstić information content (AvgIpc) is 1.54. The van der Waals surface area contributed by atoms with Gasteiger partial charge in [0.2, 0.25) is 0 Å². The van der Waals surface area contributed by atoms with E-state index in [9.17, 15) is 0 Å². The molecular formula is C6H9KNa2O6. The van der Waals surface area contributed by atoms with Crippen molar-refractivity contribution < 1.29 is 140 Å². The van der Waals surface area contributed by atoms with Gasteiger partial charge in [0, 0.05) is 17.9 Å². The Morgan fingerprint density at radius 3 is 0.667 bits per heavy atom. The Kier molecular flexibility index (Phi) is 71.4. The second-order valence-corrected chi connectivity index (χ2v) is 1.47. The summed E-state index contributed by atoms with van der Waals surface area (Å²) in [6.45, 7) is 2.92. The Morgan fingerprint density at radius 1 is 0.667 bits per heavy atom. The van der Waals surface area contributed by atoms with Crippen LogP contribution in [0.5, 0.6) is 0 Å². The molecule has 0 saturated carbocycles. The van der Waals surface area contributed by atoms with E-state index in [1.807, 2.05) is 0 Å². The molecule has 0 aliphatic carbocycles. The number of hydrogen-bond donors (Lipinski definition) is 0. The fraction of sp³-hybridized carbons (Fsp3) is 0.500. The summed E-state index contributed by atoms with van der Waals surface area (Å²) < 4.78 is 0. The van der Waals surface area contributed by atoms with Crippen LogP contribution in [0.1, 0.15) is 20.8 Å². The number of carbonyl (C=O) groups excluding carboxylic acids is 3. The molecule has 15 heavy (non-hydrogen) atoms. The summed E-state index contributed by atoms with van der Waals surface area (Å²) in [5.41, 5.74) is 0. The maximum absolute atomic E-state index is 8.89. The molecule has 0 fully saturated rings. The van der Waals surface area contributed by atoms with Gasteiger partial charge in [0.1, 0.15) is 0 Å². The van der Waals surface area contributed by atoms with Crippen LogP contribution < -0.4 is 126 Å². The maximum Gasteiger partial charge on any atom is 1.00 e. The van der Waals surface area contributed by atoms with Crippen molar-refractivity contribution in [3.63, 3.8) is 0 Å². The van der Waals surface area contributed by atoms with Crippen LogP contribution in [-0.4, -0.2) is 17.9 Å². The SMILES string of the molecule is CC(=O)[O-].CC(=O)[O-].CC(=O)[O-].[K+].[Na+].[Na+]. The van der Waals surface area contributed by atoms with Crippen LogP contribution >= 0.6 is 0 Å². The zero-order chi connectivity index (χ0) is 10.7.